The molecule has 8 heteroatoms. The molecule has 0 bridgehead atoms. The summed E-state index contributed by atoms with van der Waals surface area (Å²) in [6.07, 6.45) is 7.58. The van der Waals surface area contributed by atoms with Crippen molar-refractivity contribution in [3.8, 4) is 5.75 Å². The van der Waals surface area contributed by atoms with Crippen LogP contribution in [0.1, 0.15) is 62.3 Å². The summed E-state index contributed by atoms with van der Waals surface area (Å²) in [6, 6.07) is 9.03. The molecule has 202 valence electrons. The van der Waals surface area contributed by atoms with Crippen molar-refractivity contribution in [2.24, 2.45) is 17.3 Å². The van der Waals surface area contributed by atoms with Crippen molar-refractivity contribution in [1.29, 1.82) is 0 Å². The number of rotatable bonds is 7. The zero-order chi connectivity index (χ0) is 26.6. The number of hydrogen-bond acceptors (Lipinski definition) is 6. The molecule has 3 aromatic rings. The lowest BCUT2D eigenvalue weighted by Crippen LogP contribution is -2.58. The maximum atomic E-state index is 11.5. The Hall–Kier alpha value is -3.13. The third-order valence-corrected chi connectivity index (χ3v) is 9.33. The molecule has 0 spiro atoms. The summed E-state index contributed by atoms with van der Waals surface area (Å²) < 4.78 is 8.31. The number of nitrogens with zero attached hydrogens (tertiary/aromatic N) is 5. The van der Waals surface area contributed by atoms with E-state index in [4.69, 9.17) is 4.74 Å². The molecule has 1 saturated carbocycles. The third kappa shape index (κ3) is 4.53. The Balaban J connectivity index is 1.11. The van der Waals surface area contributed by atoms with E-state index in [0.717, 1.165) is 56.1 Å². The first-order valence-electron chi connectivity index (χ1n) is 14.0. The predicted molar refractivity (Wildman–Crippen MR) is 147 cm³/mol. The van der Waals surface area contributed by atoms with Crippen LogP contribution in [0.5, 0.6) is 5.75 Å². The Morgan fingerprint density at radius 1 is 1.16 bits per heavy atom. The predicted octanol–water partition coefficient (Wildman–Crippen LogP) is 4.89. The average Bonchev–Trinajstić information content (AvgIpc) is 3.30. The maximum Gasteiger partial charge on any atom is 0.309 e. The quantitative estimate of drug-likeness (QED) is 0.478. The molecule has 0 unspecified atom stereocenters. The van der Waals surface area contributed by atoms with E-state index >= 15 is 0 Å². The first kappa shape index (κ1) is 25.2. The number of fused-ring (bicyclic) bond motifs is 1. The monoisotopic (exact) mass is 517 g/mol. The van der Waals surface area contributed by atoms with E-state index in [1.807, 2.05) is 11.4 Å². The van der Waals surface area contributed by atoms with Gasteiger partial charge in [-0.25, -0.2) is 9.50 Å². The Kier molecular flexibility index (Phi) is 6.33. The Morgan fingerprint density at radius 3 is 2.68 bits per heavy atom. The normalized spacial score (nSPS) is 27.1. The second kappa shape index (κ2) is 9.56. The van der Waals surface area contributed by atoms with Crippen molar-refractivity contribution in [3.63, 3.8) is 0 Å². The molecule has 8 nitrogen and oxygen atoms in total. The van der Waals surface area contributed by atoms with Crippen LogP contribution in [-0.4, -0.2) is 62.8 Å². The molecular weight excluding hydrogens is 478 g/mol. The van der Waals surface area contributed by atoms with Crippen LogP contribution in [0.2, 0.25) is 0 Å². The SMILES string of the molecule is Cc1ccc([C@@H](C)Oc2cc(N3CC([C@H]4CCCN(C5CC(C)(C(=O)O)C5)C4)C3)cn3ncnc23)c(C)c1. The van der Waals surface area contributed by atoms with Gasteiger partial charge in [-0.05, 0) is 82.9 Å². The molecule has 4 heterocycles. The van der Waals surface area contributed by atoms with Crippen molar-refractivity contribution >= 4 is 17.3 Å². The van der Waals surface area contributed by atoms with Crippen LogP contribution in [0.15, 0.2) is 36.8 Å². The number of piperidine rings is 1. The number of aryl methyl sites for hydroxylation is 2. The van der Waals surface area contributed by atoms with Gasteiger partial charge in [0.05, 0.1) is 17.3 Å². The zero-order valence-electron chi connectivity index (χ0n) is 22.9. The third-order valence-electron chi connectivity index (χ3n) is 9.33. The molecule has 6 rings (SSSR count). The van der Waals surface area contributed by atoms with E-state index in [9.17, 15) is 9.90 Å². The Labute approximate surface area is 224 Å². The summed E-state index contributed by atoms with van der Waals surface area (Å²) in [5.74, 6) is 1.44. The van der Waals surface area contributed by atoms with Crippen molar-refractivity contribution in [2.75, 3.05) is 31.1 Å². The smallest absolute Gasteiger partial charge is 0.309 e. The van der Waals surface area contributed by atoms with Gasteiger partial charge in [-0.3, -0.25) is 4.79 Å². The van der Waals surface area contributed by atoms with Crippen LogP contribution in [0.25, 0.3) is 5.65 Å². The summed E-state index contributed by atoms with van der Waals surface area (Å²) in [4.78, 5) is 21.0. The largest absolute Gasteiger partial charge is 0.482 e. The highest BCUT2D eigenvalue weighted by atomic mass is 16.5. The summed E-state index contributed by atoms with van der Waals surface area (Å²) >= 11 is 0. The van der Waals surface area contributed by atoms with Crippen molar-refractivity contribution in [1.82, 2.24) is 19.5 Å². The minimum atomic E-state index is -0.645. The Bertz CT molecular complexity index is 1340. The first-order chi connectivity index (χ1) is 18.2. The van der Waals surface area contributed by atoms with E-state index in [2.05, 4.69) is 71.1 Å². The van der Waals surface area contributed by atoms with Crippen LogP contribution in [-0.2, 0) is 4.79 Å². The minimum absolute atomic E-state index is 0.0989. The number of carboxylic acid groups (broad SMARTS) is 1. The molecule has 2 saturated heterocycles. The maximum absolute atomic E-state index is 11.5. The number of ether oxygens (including phenoxy) is 1. The molecule has 2 aliphatic heterocycles. The molecule has 2 atom stereocenters. The molecule has 2 aromatic heterocycles. The fourth-order valence-electron chi connectivity index (χ4n) is 6.87. The van der Waals surface area contributed by atoms with E-state index in [-0.39, 0.29) is 6.10 Å². The highest BCUT2D eigenvalue weighted by Gasteiger charge is 2.49. The molecule has 1 aliphatic carbocycles. The summed E-state index contributed by atoms with van der Waals surface area (Å²) in [7, 11) is 0. The van der Waals surface area contributed by atoms with Crippen molar-refractivity contribution in [2.45, 2.75) is 65.5 Å². The van der Waals surface area contributed by atoms with Gasteiger partial charge >= 0.3 is 5.97 Å². The number of hydrogen-bond donors (Lipinski definition) is 1. The number of carboxylic acids is 1. The summed E-state index contributed by atoms with van der Waals surface area (Å²) in [6.45, 7) is 12.5. The van der Waals surface area contributed by atoms with Gasteiger partial charge in [-0.15, -0.1) is 0 Å². The van der Waals surface area contributed by atoms with E-state index < -0.39 is 11.4 Å². The van der Waals surface area contributed by atoms with Gasteiger partial charge in [0.1, 0.15) is 12.4 Å². The lowest BCUT2D eigenvalue weighted by molar-refractivity contribution is -0.158. The fraction of sp³-hybridized carbons (Fsp3) is 0.567. The number of pyridine rings is 1. The van der Waals surface area contributed by atoms with Gasteiger partial charge in [0.15, 0.2) is 11.4 Å². The van der Waals surface area contributed by atoms with Crippen LogP contribution < -0.4 is 9.64 Å². The molecule has 0 radical (unpaired) electrons. The van der Waals surface area contributed by atoms with Gasteiger partial charge in [0, 0.05) is 31.7 Å². The lowest BCUT2D eigenvalue weighted by Gasteiger charge is -2.52. The van der Waals surface area contributed by atoms with E-state index in [1.165, 1.54) is 29.5 Å². The number of benzene rings is 1. The van der Waals surface area contributed by atoms with Crippen molar-refractivity contribution in [3.05, 3.63) is 53.5 Å². The zero-order valence-corrected chi connectivity index (χ0v) is 22.9. The molecule has 0 amide bonds. The number of carbonyl (C=O) groups is 1. The number of aliphatic carboxylic acids is 1. The van der Waals surface area contributed by atoms with Crippen molar-refractivity contribution < 1.29 is 14.6 Å². The van der Waals surface area contributed by atoms with Crippen LogP contribution in [0.4, 0.5) is 5.69 Å². The molecule has 38 heavy (non-hydrogen) atoms. The van der Waals surface area contributed by atoms with Crippen LogP contribution in [0.3, 0.4) is 0 Å². The first-order valence-corrected chi connectivity index (χ1v) is 14.0. The molecule has 1 aromatic carbocycles. The van der Waals surface area contributed by atoms with E-state index in [1.54, 1.807) is 6.33 Å². The van der Waals surface area contributed by atoms with Gasteiger partial charge in [0.2, 0.25) is 0 Å². The lowest BCUT2D eigenvalue weighted by atomic mass is 9.65. The molecular formula is C30H39N5O3. The molecule has 3 fully saturated rings. The van der Waals surface area contributed by atoms with E-state index in [0.29, 0.717) is 17.9 Å². The van der Waals surface area contributed by atoms with Gasteiger partial charge in [-0.2, -0.15) is 5.10 Å². The highest BCUT2D eigenvalue weighted by molar-refractivity contribution is 5.75. The van der Waals surface area contributed by atoms with Crippen LogP contribution >= 0.6 is 0 Å². The van der Waals surface area contributed by atoms with Crippen LogP contribution in [0, 0.1) is 31.1 Å². The number of likely N-dealkylation sites (tertiary alicyclic amines) is 1. The summed E-state index contributed by atoms with van der Waals surface area (Å²) in [5, 5.41) is 13.9. The number of aromatic nitrogens is 3. The highest BCUT2D eigenvalue weighted by Crippen LogP contribution is 2.45. The Morgan fingerprint density at radius 2 is 1.95 bits per heavy atom. The minimum Gasteiger partial charge on any atom is -0.482 e. The topological polar surface area (TPSA) is 83.2 Å². The second-order valence-corrected chi connectivity index (χ2v) is 12.2. The van der Waals surface area contributed by atoms with Gasteiger partial charge in [-0.1, -0.05) is 23.8 Å². The molecule has 1 N–H and O–H groups in total. The standard InChI is InChI=1S/C30H39N5O3/c1-19-7-8-26(20(2)10-19)21(3)38-27-11-24(17-35-28(27)31-18-32-35)34-15-23(16-34)22-6-5-9-33(14-22)25-12-30(4,13-25)29(36)37/h7-8,10-11,17-18,21-23,25H,5-6,9,12-16H2,1-4H3,(H,36,37)/t21-,22+,25?,30?/m1/s1. The average molecular weight is 518 g/mol. The number of anilines is 1. The fourth-order valence-corrected chi connectivity index (χ4v) is 6.87. The van der Waals surface area contributed by atoms with Gasteiger partial charge in [0.25, 0.3) is 0 Å². The molecule has 3 aliphatic rings. The van der Waals surface area contributed by atoms with Gasteiger partial charge < -0.3 is 19.6 Å². The second-order valence-electron chi connectivity index (χ2n) is 12.2. The summed E-state index contributed by atoms with van der Waals surface area (Å²) in [5.41, 5.74) is 4.98.